The number of benzene rings is 1. The molecule has 1 aromatic heterocycles. The minimum absolute atomic E-state index is 0.338. The fraction of sp³-hybridized carbons (Fsp3) is 0.471. The SMILES string of the molecule is CCN(CC)S(=O)(=O)c1ccc(-c2csc(N3CCCC3)n2)cc1. The number of rotatable bonds is 6. The number of sulfonamides is 1. The topological polar surface area (TPSA) is 53.5 Å². The molecular formula is C17H23N3O2S2. The van der Waals surface area contributed by atoms with Crippen molar-refractivity contribution < 1.29 is 8.42 Å². The van der Waals surface area contributed by atoms with Crippen molar-refractivity contribution in [2.45, 2.75) is 31.6 Å². The van der Waals surface area contributed by atoms with Crippen molar-refractivity contribution in [3.63, 3.8) is 0 Å². The number of nitrogens with zero attached hydrogens (tertiary/aromatic N) is 3. The van der Waals surface area contributed by atoms with Crippen LogP contribution in [0, 0.1) is 0 Å². The molecule has 0 aliphatic carbocycles. The Bertz CT molecular complexity index is 774. The molecule has 0 amide bonds. The highest BCUT2D eigenvalue weighted by atomic mass is 32.2. The van der Waals surface area contributed by atoms with Crippen molar-refractivity contribution in [2.75, 3.05) is 31.1 Å². The summed E-state index contributed by atoms with van der Waals surface area (Å²) in [7, 11) is -3.40. The fourth-order valence-electron chi connectivity index (χ4n) is 2.96. The molecule has 130 valence electrons. The van der Waals surface area contributed by atoms with Gasteiger partial charge in [-0.25, -0.2) is 13.4 Å². The first-order chi connectivity index (χ1) is 11.6. The standard InChI is InChI=1S/C17H23N3O2S2/c1-3-20(4-2)24(21,22)15-9-7-14(8-10-15)16-13-23-17(18-16)19-11-5-6-12-19/h7-10,13H,3-6,11-12H2,1-2H3. The predicted octanol–water partition coefficient (Wildman–Crippen LogP) is 3.44. The number of anilines is 1. The van der Waals surface area contributed by atoms with Gasteiger partial charge in [0.1, 0.15) is 0 Å². The van der Waals surface area contributed by atoms with Crippen LogP contribution >= 0.6 is 11.3 Å². The minimum Gasteiger partial charge on any atom is -0.348 e. The Balaban J connectivity index is 1.82. The summed E-state index contributed by atoms with van der Waals surface area (Å²) in [5.41, 5.74) is 1.86. The second-order valence-corrected chi connectivity index (χ2v) is 8.60. The molecule has 5 nitrogen and oxygen atoms in total. The minimum atomic E-state index is -3.40. The maximum absolute atomic E-state index is 12.5. The largest absolute Gasteiger partial charge is 0.348 e. The zero-order chi connectivity index (χ0) is 17.2. The van der Waals surface area contributed by atoms with Crippen molar-refractivity contribution in [1.82, 2.24) is 9.29 Å². The van der Waals surface area contributed by atoms with Gasteiger partial charge in [0, 0.05) is 37.1 Å². The van der Waals surface area contributed by atoms with Gasteiger partial charge in [-0.2, -0.15) is 4.31 Å². The van der Waals surface area contributed by atoms with Crippen LogP contribution < -0.4 is 4.90 Å². The second kappa shape index (κ2) is 7.21. The van der Waals surface area contributed by atoms with Crippen LogP contribution in [0.15, 0.2) is 34.5 Å². The number of hydrogen-bond donors (Lipinski definition) is 0. The average Bonchev–Trinajstić information content (AvgIpc) is 3.27. The monoisotopic (exact) mass is 365 g/mol. The summed E-state index contributed by atoms with van der Waals surface area (Å²) in [6.07, 6.45) is 2.46. The van der Waals surface area contributed by atoms with Crippen LogP contribution in [0.25, 0.3) is 11.3 Å². The normalized spacial score (nSPS) is 15.4. The van der Waals surface area contributed by atoms with Crippen molar-refractivity contribution in [1.29, 1.82) is 0 Å². The van der Waals surface area contributed by atoms with Crippen LogP contribution in [-0.4, -0.2) is 43.9 Å². The molecule has 7 heteroatoms. The molecular weight excluding hydrogens is 342 g/mol. The molecule has 0 saturated carbocycles. The number of thiazole rings is 1. The Labute approximate surface area is 148 Å². The zero-order valence-corrected chi connectivity index (χ0v) is 15.7. The first kappa shape index (κ1) is 17.4. The first-order valence-electron chi connectivity index (χ1n) is 8.37. The molecule has 0 N–H and O–H groups in total. The molecule has 0 spiro atoms. The highest BCUT2D eigenvalue weighted by Gasteiger charge is 2.21. The Morgan fingerprint density at radius 2 is 1.75 bits per heavy atom. The third kappa shape index (κ3) is 3.34. The summed E-state index contributed by atoms with van der Waals surface area (Å²) in [5.74, 6) is 0. The third-order valence-corrected chi connectivity index (χ3v) is 7.33. The van der Waals surface area contributed by atoms with E-state index in [1.165, 1.54) is 17.1 Å². The summed E-state index contributed by atoms with van der Waals surface area (Å²) >= 11 is 1.65. The maximum atomic E-state index is 12.5. The van der Waals surface area contributed by atoms with E-state index in [2.05, 4.69) is 4.90 Å². The Morgan fingerprint density at radius 3 is 2.33 bits per heavy atom. The molecule has 0 radical (unpaired) electrons. The van der Waals surface area contributed by atoms with E-state index in [1.807, 2.05) is 31.4 Å². The van der Waals surface area contributed by atoms with Gasteiger partial charge in [-0.15, -0.1) is 11.3 Å². The van der Waals surface area contributed by atoms with Crippen LogP contribution in [0.1, 0.15) is 26.7 Å². The van der Waals surface area contributed by atoms with Gasteiger partial charge in [0.15, 0.2) is 5.13 Å². The van der Waals surface area contributed by atoms with Crippen molar-refractivity contribution in [2.24, 2.45) is 0 Å². The van der Waals surface area contributed by atoms with Gasteiger partial charge in [-0.3, -0.25) is 0 Å². The highest BCUT2D eigenvalue weighted by molar-refractivity contribution is 7.89. The average molecular weight is 366 g/mol. The zero-order valence-electron chi connectivity index (χ0n) is 14.1. The van der Waals surface area contributed by atoms with Crippen LogP contribution in [-0.2, 0) is 10.0 Å². The molecule has 1 saturated heterocycles. The van der Waals surface area contributed by atoms with E-state index < -0.39 is 10.0 Å². The summed E-state index contributed by atoms with van der Waals surface area (Å²) in [6, 6.07) is 7.05. The van der Waals surface area contributed by atoms with E-state index in [-0.39, 0.29) is 0 Å². The van der Waals surface area contributed by atoms with Gasteiger partial charge in [0.25, 0.3) is 0 Å². The molecule has 1 aliphatic rings. The van der Waals surface area contributed by atoms with Crippen LogP contribution in [0.5, 0.6) is 0 Å². The lowest BCUT2D eigenvalue weighted by Gasteiger charge is -2.18. The molecule has 2 aromatic rings. The summed E-state index contributed by atoms with van der Waals surface area (Å²) in [4.78, 5) is 7.36. The van der Waals surface area contributed by atoms with Crippen molar-refractivity contribution >= 4 is 26.5 Å². The van der Waals surface area contributed by atoms with Crippen LogP contribution in [0.4, 0.5) is 5.13 Å². The second-order valence-electron chi connectivity index (χ2n) is 5.82. The molecule has 24 heavy (non-hydrogen) atoms. The Morgan fingerprint density at radius 1 is 1.12 bits per heavy atom. The molecule has 0 unspecified atom stereocenters. The lowest BCUT2D eigenvalue weighted by Crippen LogP contribution is -2.30. The van der Waals surface area contributed by atoms with E-state index in [1.54, 1.807) is 23.5 Å². The maximum Gasteiger partial charge on any atom is 0.243 e. The van der Waals surface area contributed by atoms with Gasteiger partial charge < -0.3 is 4.90 Å². The highest BCUT2D eigenvalue weighted by Crippen LogP contribution is 2.30. The summed E-state index contributed by atoms with van der Waals surface area (Å²) in [6.45, 7) is 6.81. The van der Waals surface area contributed by atoms with Crippen molar-refractivity contribution in [3.05, 3.63) is 29.6 Å². The molecule has 0 bridgehead atoms. The van der Waals surface area contributed by atoms with E-state index in [0.717, 1.165) is 29.5 Å². The van der Waals surface area contributed by atoms with Crippen LogP contribution in [0.2, 0.25) is 0 Å². The van der Waals surface area contributed by atoms with Gasteiger partial charge in [-0.05, 0) is 25.0 Å². The summed E-state index contributed by atoms with van der Waals surface area (Å²) < 4.78 is 26.5. The quantitative estimate of drug-likeness (QED) is 0.787. The predicted molar refractivity (Wildman–Crippen MR) is 99.1 cm³/mol. The Hall–Kier alpha value is -1.44. The smallest absolute Gasteiger partial charge is 0.243 e. The van der Waals surface area contributed by atoms with E-state index in [0.29, 0.717) is 18.0 Å². The molecule has 1 aromatic carbocycles. The molecule has 1 aliphatic heterocycles. The molecule has 1 fully saturated rings. The van der Waals surface area contributed by atoms with E-state index in [9.17, 15) is 8.42 Å². The van der Waals surface area contributed by atoms with Crippen LogP contribution in [0.3, 0.4) is 0 Å². The number of aromatic nitrogens is 1. The number of hydrogen-bond acceptors (Lipinski definition) is 5. The molecule has 3 rings (SSSR count). The first-order valence-corrected chi connectivity index (χ1v) is 10.7. The van der Waals surface area contributed by atoms with E-state index >= 15 is 0 Å². The molecule has 0 atom stereocenters. The van der Waals surface area contributed by atoms with Crippen molar-refractivity contribution in [3.8, 4) is 11.3 Å². The van der Waals surface area contributed by atoms with Gasteiger partial charge in [0.05, 0.1) is 10.6 Å². The molecule has 2 heterocycles. The van der Waals surface area contributed by atoms with E-state index in [4.69, 9.17) is 4.98 Å². The fourth-order valence-corrected chi connectivity index (χ4v) is 5.31. The van der Waals surface area contributed by atoms with Gasteiger partial charge >= 0.3 is 0 Å². The Kier molecular flexibility index (Phi) is 5.22. The van der Waals surface area contributed by atoms with Gasteiger partial charge in [0.2, 0.25) is 10.0 Å². The summed E-state index contributed by atoms with van der Waals surface area (Å²) in [5, 5.41) is 3.10. The lowest BCUT2D eigenvalue weighted by molar-refractivity contribution is 0.445. The lowest BCUT2D eigenvalue weighted by atomic mass is 10.2. The third-order valence-electron chi connectivity index (χ3n) is 4.36. The van der Waals surface area contributed by atoms with Gasteiger partial charge in [-0.1, -0.05) is 26.0 Å².